The zero-order chi connectivity index (χ0) is 12.0. The highest BCUT2D eigenvalue weighted by Crippen LogP contribution is 2.23. The summed E-state index contributed by atoms with van der Waals surface area (Å²) in [5.41, 5.74) is 0. The van der Waals surface area contributed by atoms with E-state index >= 15 is 0 Å². The van der Waals surface area contributed by atoms with E-state index in [9.17, 15) is 0 Å². The van der Waals surface area contributed by atoms with Crippen LogP contribution in [0.3, 0.4) is 0 Å². The van der Waals surface area contributed by atoms with Crippen molar-refractivity contribution in [3.05, 3.63) is 0 Å². The van der Waals surface area contributed by atoms with Crippen LogP contribution in [0, 0.1) is 17.2 Å². The number of hydrogen-bond donors (Lipinski definition) is 1. The molecule has 0 radical (unpaired) electrons. The summed E-state index contributed by atoms with van der Waals surface area (Å²) >= 11 is 0. The minimum Gasteiger partial charge on any atom is -0.311 e. The summed E-state index contributed by atoms with van der Waals surface area (Å²) in [6.07, 6.45) is 4.75. The third-order valence-electron chi connectivity index (χ3n) is 3.68. The maximum absolute atomic E-state index is 9.06. The highest BCUT2D eigenvalue weighted by atomic mass is 15.1. The van der Waals surface area contributed by atoms with Crippen LogP contribution in [0.15, 0.2) is 0 Å². The average Bonchev–Trinajstić information content (AvgIpc) is 2.29. The molecule has 1 rings (SSSR count). The molecule has 1 saturated carbocycles. The van der Waals surface area contributed by atoms with Crippen LogP contribution in [-0.2, 0) is 0 Å². The van der Waals surface area contributed by atoms with Crippen molar-refractivity contribution in [1.82, 2.24) is 10.2 Å². The minimum absolute atomic E-state index is 0.234. The standard InChI is InChI=1S/C13H25N3/c1-11(2)16(3)9-8-15-13-7-5-4-6-12(13)10-14/h11-13,15H,4-9H2,1-3H3. The third-order valence-corrected chi connectivity index (χ3v) is 3.68. The maximum atomic E-state index is 9.06. The Morgan fingerprint density at radius 1 is 1.38 bits per heavy atom. The Balaban J connectivity index is 2.23. The quantitative estimate of drug-likeness (QED) is 0.775. The molecule has 2 atom stereocenters. The number of rotatable bonds is 5. The Morgan fingerprint density at radius 2 is 2.06 bits per heavy atom. The SMILES string of the molecule is CC(C)N(C)CCNC1CCCCC1C#N. The number of nitriles is 1. The van der Waals surface area contributed by atoms with Gasteiger partial charge in [0.25, 0.3) is 0 Å². The molecule has 0 amide bonds. The molecule has 0 heterocycles. The van der Waals surface area contributed by atoms with Gasteiger partial charge in [0.2, 0.25) is 0 Å². The van der Waals surface area contributed by atoms with Crippen molar-refractivity contribution in [2.45, 2.75) is 51.6 Å². The summed E-state index contributed by atoms with van der Waals surface area (Å²) in [5, 5.41) is 12.6. The van der Waals surface area contributed by atoms with Crippen LogP contribution in [-0.4, -0.2) is 37.1 Å². The van der Waals surface area contributed by atoms with Gasteiger partial charge in [0, 0.05) is 25.2 Å². The highest BCUT2D eigenvalue weighted by Gasteiger charge is 2.24. The first kappa shape index (κ1) is 13.5. The van der Waals surface area contributed by atoms with Gasteiger partial charge in [-0.3, -0.25) is 0 Å². The summed E-state index contributed by atoms with van der Waals surface area (Å²) in [5.74, 6) is 0.234. The molecule has 0 spiro atoms. The van der Waals surface area contributed by atoms with Crippen LogP contribution in [0.5, 0.6) is 0 Å². The Labute approximate surface area is 99.8 Å². The van der Waals surface area contributed by atoms with Gasteiger partial charge in [-0.05, 0) is 33.7 Å². The van der Waals surface area contributed by atoms with Crippen molar-refractivity contribution >= 4 is 0 Å². The fraction of sp³-hybridized carbons (Fsp3) is 0.923. The van der Waals surface area contributed by atoms with Gasteiger partial charge in [0.15, 0.2) is 0 Å². The molecule has 0 saturated heterocycles. The van der Waals surface area contributed by atoms with Crippen molar-refractivity contribution in [2.75, 3.05) is 20.1 Å². The second-order valence-electron chi connectivity index (χ2n) is 5.16. The van der Waals surface area contributed by atoms with Crippen molar-refractivity contribution in [1.29, 1.82) is 5.26 Å². The van der Waals surface area contributed by atoms with Crippen molar-refractivity contribution < 1.29 is 0 Å². The first-order valence-corrected chi connectivity index (χ1v) is 6.48. The van der Waals surface area contributed by atoms with Crippen molar-refractivity contribution in [3.8, 4) is 6.07 Å². The van der Waals surface area contributed by atoms with Crippen LogP contribution >= 0.6 is 0 Å². The molecule has 0 aromatic rings. The molecule has 2 unspecified atom stereocenters. The molecule has 3 nitrogen and oxygen atoms in total. The van der Waals surface area contributed by atoms with Crippen molar-refractivity contribution in [2.24, 2.45) is 5.92 Å². The maximum Gasteiger partial charge on any atom is 0.0672 e. The van der Waals surface area contributed by atoms with E-state index in [1.165, 1.54) is 19.3 Å². The number of nitrogens with one attached hydrogen (secondary N) is 1. The largest absolute Gasteiger partial charge is 0.311 e. The molecule has 16 heavy (non-hydrogen) atoms. The van der Waals surface area contributed by atoms with Crippen LogP contribution in [0.1, 0.15) is 39.5 Å². The van der Waals surface area contributed by atoms with Gasteiger partial charge in [-0.15, -0.1) is 0 Å². The molecule has 0 aromatic carbocycles. The summed E-state index contributed by atoms with van der Waals surface area (Å²) in [6.45, 7) is 6.47. The Morgan fingerprint density at radius 3 is 2.69 bits per heavy atom. The third kappa shape index (κ3) is 4.11. The fourth-order valence-electron chi connectivity index (χ4n) is 2.21. The van der Waals surface area contributed by atoms with Gasteiger partial charge in [-0.25, -0.2) is 0 Å². The molecular formula is C13H25N3. The normalized spacial score (nSPS) is 26.0. The van der Waals surface area contributed by atoms with E-state index < -0.39 is 0 Å². The highest BCUT2D eigenvalue weighted by molar-refractivity contribution is 4.94. The van der Waals surface area contributed by atoms with E-state index in [1.807, 2.05) is 0 Å². The first-order chi connectivity index (χ1) is 7.65. The summed E-state index contributed by atoms with van der Waals surface area (Å²) < 4.78 is 0. The summed E-state index contributed by atoms with van der Waals surface area (Å²) in [4.78, 5) is 2.33. The average molecular weight is 223 g/mol. The van der Waals surface area contributed by atoms with Crippen molar-refractivity contribution in [3.63, 3.8) is 0 Å². The van der Waals surface area contributed by atoms with E-state index in [2.05, 4.69) is 37.2 Å². The predicted molar refractivity (Wildman–Crippen MR) is 67.1 cm³/mol. The van der Waals surface area contributed by atoms with Crippen LogP contribution in [0.25, 0.3) is 0 Å². The lowest BCUT2D eigenvalue weighted by Gasteiger charge is -2.29. The van der Waals surface area contributed by atoms with E-state index in [0.29, 0.717) is 12.1 Å². The molecule has 1 fully saturated rings. The van der Waals surface area contributed by atoms with E-state index in [0.717, 1.165) is 19.5 Å². The van der Waals surface area contributed by atoms with E-state index in [-0.39, 0.29) is 5.92 Å². The number of likely N-dealkylation sites (N-methyl/N-ethyl adjacent to an activating group) is 1. The van der Waals surface area contributed by atoms with Gasteiger partial charge < -0.3 is 10.2 Å². The molecule has 92 valence electrons. The summed E-state index contributed by atoms with van der Waals surface area (Å²) in [6, 6.07) is 3.47. The number of hydrogen-bond acceptors (Lipinski definition) is 3. The zero-order valence-electron chi connectivity index (χ0n) is 10.9. The van der Waals surface area contributed by atoms with Gasteiger partial charge in [-0.1, -0.05) is 12.8 Å². The molecule has 0 aromatic heterocycles. The molecule has 0 aliphatic heterocycles. The minimum atomic E-state index is 0.234. The lowest BCUT2D eigenvalue weighted by molar-refractivity contribution is 0.251. The fourth-order valence-corrected chi connectivity index (χ4v) is 2.21. The lowest BCUT2D eigenvalue weighted by Crippen LogP contribution is -2.42. The topological polar surface area (TPSA) is 39.1 Å². The lowest BCUT2D eigenvalue weighted by atomic mass is 9.85. The molecule has 1 aliphatic carbocycles. The molecule has 3 heteroatoms. The molecule has 1 aliphatic rings. The van der Waals surface area contributed by atoms with Gasteiger partial charge >= 0.3 is 0 Å². The van der Waals surface area contributed by atoms with Gasteiger partial charge in [0.1, 0.15) is 0 Å². The van der Waals surface area contributed by atoms with Gasteiger partial charge in [-0.2, -0.15) is 5.26 Å². The van der Waals surface area contributed by atoms with Crippen LogP contribution in [0.4, 0.5) is 0 Å². The molecule has 0 bridgehead atoms. The van der Waals surface area contributed by atoms with E-state index in [4.69, 9.17) is 5.26 Å². The Bertz CT molecular complexity index is 232. The zero-order valence-corrected chi connectivity index (χ0v) is 10.9. The monoisotopic (exact) mass is 223 g/mol. The van der Waals surface area contributed by atoms with Crippen LogP contribution in [0.2, 0.25) is 0 Å². The number of nitrogens with zero attached hydrogens (tertiary/aromatic N) is 2. The molecular weight excluding hydrogens is 198 g/mol. The van der Waals surface area contributed by atoms with Gasteiger partial charge in [0.05, 0.1) is 12.0 Å². The Kier molecular flexibility index (Phi) is 5.79. The molecule has 1 N–H and O–H groups in total. The smallest absolute Gasteiger partial charge is 0.0672 e. The Hall–Kier alpha value is -0.590. The van der Waals surface area contributed by atoms with E-state index in [1.54, 1.807) is 0 Å². The second kappa shape index (κ2) is 6.88. The van der Waals surface area contributed by atoms with Crippen LogP contribution < -0.4 is 5.32 Å². The predicted octanol–water partition coefficient (Wildman–Crippen LogP) is 2.00. The summed E-state index contributed by atoms with van der Waals surface area (Å²) in [7, 11) is 2.15. The first-order valence-electron chi connectivity index (χ1n) is 6.48. The second-order valence-corrected chi connectivity index (χ2v) is 5.16.